The van der Waals surface area contributed by atoms with Gasteiger partial charge in [-0.3, -0.25) is 0 Å². The predicted octanol–water partition coefficient (Wildman–Crippen LogP) is 3.65. The molecular weight excluding hydrogens is 238 g/mol. The van der Waals surface area contributed by atoms with E-state index in [1.807, 2.05) is 43.3 Å². The Labute approximate surface area is 113 Å². The van der Waals surface area contributed by atoms with Crippen molar-refractivity contribution in [3.63, 3.8) is 0 Å². The van der Waals surface area contributed by atoms with Crippen molar-refractivity contribution < 1.29 is 4.74 Å². The van der Waals surface area contributed by atoms with Crippen molar-refractivity contribution in [1.29, 1.82) is 0 Å². The van der Waals surface area contributed by atoms with Crippen LogP contribution in [0.5, 0.6) is 11.6 Å². The normalized spacial score (nSPS) is 10.2. The first kappa shape index (κ1) is 13.3. The van der Waals surface area contributed by atoms with Crippen LogP contribution in [0.15, 0.2) is 36.4 Å². The first-order valence-electron chi connectivity index (χ1n) is 6.66. The zero-order chi connectivity index (χ0) is 13.5. The largest absolute Gasteiger partial charge is 0.439 e. The number of para-hydroxylation sites is 1. The molecule has 19 heavy (non-hydrogen) atoms. The molecule has 2 rings (SSSR count). The van der Waals surface area contributed by atoms with E-state index < -0.39 is 0 Å². The third-order valence-corrected chi connectivity index (χ3v) is 2.55. The van der Waals surface area contributed by atoms with E-state index in [4.69, 9.17) is 4.74 Å². The van der Waals surface area contributed by atoms with E-state index in [9.17, 15) is 0 Å². The minimum atomic E-state index is 0.584. The van der Waals surface area contributed by atoms with Crippen LogP contribution in [0, 0.1) is 0 Å². The summed E-state index contributed by atoms with van der Waals surface area (Å²) in [7, 11) is 0. The summed E-state index contributed by atoms with van der Waals surface area (Å²) in [5, 5.41) is 3.20. The van der Waals surface area contributed by atoms with Gasteiger partial charge >= 0.3 is 0 Å². The van der Waals surface area contributed by atoms with E-state index >= 15 is 0 Å². The Bertz CT molecular complexity index is 490. The quantitative estimate of drug-likeness (QED) is 0.858. The Morgan fingerprint density at radius 3 is 2.58 bits per heavy atom. The molecule has 0 aliphatic carbocycles. The van der Waals surface area contributed by atoms with E-state index in [0.717, 1.165) is 36.8 Å². The fourth-order valence-corrected chi connectivity index (χ4v) is 1.74. The maximum Gasteiger partial charge on any atom is 0.224 e. The fourth-order valence-electron chi connectivity index (χ4n) is 1.74. The average molecular weight is 257 g/mol. The van der Waals surface area contributed by atoms with Gasteiger partial charge < -0.3 is 10.1 Å². The maximum atomic E-state index is 5.76. The third-order valence-electron chi connectivity index (χ3n) is 2.55. The summed E-state index contributed by atoms with van der Waals surface area (Å²) in [4.78, 5) is 8.88. The van der Waals surface area contributed by atoms with Crippen molar-refractivity contribution >= 4 is 5.82 Å². The number of ether oxygens (including phenoxy) is 1. The number of aryl methyl sites for hydroxylation is 1. The van der Waals surface area contributed by atoms with Gasteiger partial charge in [0.2, 0.25) is 5.88 Å². The van der Waals surface area contributed by atoms with Gasteiger partial charge in [0.25, 0.3) is 0 Å². The van der Waals surface area contributed by atoms with Crippen LogP contribution in [0.25, 0.3) is 0 Å². The zero-order valence-electron chi connectivity index (χ0n) is 11.4. The molecule has 0 atom stereocenters. The first-order chi connectivity index (χ1) is 9.31. The molecule has 4 heteroatoms. The maximum absolute atomic E-state index is 5.76. The molecule has 0 aliphatic rings. The number of nitrogens with zero attached hydrogens (tertiary/aromatic N) is 2. The molecule has 0 radical (unpaired) electrons. The molecule has 0 spiro atoms. The molecular formula is C15H19N3O. The lowest BCUT2D eigenvalue weighted by Crippen LogP contribution is -2.04. The number of anilines is 1. The molecule has 100 valence electrons. The SMILES string of the molecule is CCCc1nc(NCC)cc(Oc2ccccc2)n1. The average Bonchev–Trinajstić information content (AvgIpc) is 2.40. The number of hydrogen-bond acceptors (Lipinski definition) is 4. The number of hydrogen-bond donors (Lipinski definition) is 1. The highest BCUT2D eigenvalue weighted by Gasteiger charge is 2.05. The van der Waals surface area contributed by atoms with E-state index in [2.05, 4.69) is 22.2 Å². The minimum absolute atomic E-state index is 0.584. The Kier molecular flexibility index (Phi) is 4.72. The van der Waals surface area contributed by atoms with Crippen molar-refractivity contribution in [1.82, 2.24) is 9.97 Å². The van der Waals surface area contributed by atoms with Gasteiger partial charge in [-0.1, -0.05) is 25.1 Å². The van der Waals surface area contributed by atoms with Crippen LogP contribution in [0.2, 0.25) is 0 Å². The van der Waals surface area contributed by atoms with Crippen molar-refractivity contribution in [3.05, 3.63) is 42.2 Å². The second kappa shape index (κ2) is 6.73. The summed E-state index contributed by atoms with van der Waals surface area (Å²) in [6.07, 6.45) is 1.87. The molecule has 1 N–H and O–H groups in total. The van der Waals surface area contributed by atoms with Crippen molar-refractivity contribution in [2.45, 2.75) is 26.7 Å². The molecule has 0 bridgehead atoms. The van der Waals surface area contributed by atoms with Gasteiger partial charge in [0.1, 0.15) is 17.4 Å². The fraction of sp³-hybridized carbons (Fsp3) is 0.333. The molecule has 2 aromatic rings. The van der Waals surface area contributed by atoms with Gasteiger partial charge in [0.05, 0.1) is 0 Å². The molecule has 0 unspecified atom stereocenters. The molecule has 0 saturated heterocycles. The lowest BCUT2D eigenvalue weighted by Gasteiger charge is -2.09. The van der Waals surface area contributed by atoms with Gasteiger partial charge in [0, 0.05) is 19.0 Å². The molecule has 1 aromatic heterocycles. The van der Waals surface area contributed by atoms with Crippen molar-refractivity contribution in [2.24, 2.45) is 0 Å². The summed E-state index contributed by atoms with van der Waals surface area (Å²) in [5.41, 5.74) is 0. The highest BCUT2D eigenvalue weighted by Crippen LogP contribution is 2.21. The van der Waals surface area contributed by atoms with Crippen LogP contribution < -0.4 is 10.1 Å². The number of benzene rings is 1. The van der Waals surface area contributed by atoms with Gasteiger partial charge in [-0.15, -0.1) is 0 Å². The summed E-state index contributed by atoms with van der Waals surface area (Å²) in [6.45, 7) is 4.98. The van der Waals surface area contributed by atoms with Crippen LogP contribution in [0.4, 0.5) is 5.82 Å². The van der Waals surface area contributed by atoms with Crippen LogP contribution in [0.1, 0.15) is 26.1 Å². The van der Waals surface area contributed by atoms with Crippen molar-refractivity contribution in [2.75, 3.05) is 11.9 Å². The zero-order valence-corrected chi connectivity index (χ0v) is 11.4. The molecule has 1 aromatic carbocycles. The van der Waals surface area contributed by atoms with Gasteiger partial charge in [-0.05, 0) is 25.5 Å². The molecule has 0 fully saturated rings. The highest BCUT2D eigenvalue weighted by atomic mass is 16.5. The van der Waals surface area contributed by atoms with Crippen LogP contribution >= 0.6 is 0 Å². The summed E-state index contributed by atoms with van der Waals surface area (Å²) >= 11 is 0. The Morgan fingerprint density at radius 2 is 1.89 bits per heavy atom. The van der Waals surface area contributed by atoms with Gasteiger partial charge in [-0.2, -0.15) is 4.98 Å². The Balaban J connectivity index is 2.23. The first-order valence-corrected chi connectivity index (χ1v) is 6.66. The van der Waals surface area contributed by atoms with Crippen LogP contribution in [0.3, 0.4) is 0 Å². The van der Waals surface area contributed by atoms with Crippen molar-refractivity contribution in [3.8, 4) is 11.6 Å². The van der Waals surface area contributed by atoms with E-state index in [-0.39, 0.29) is 0 Å². The Morgan fingerprint density at radius 1 is 1.11 bits per heavy atom. The number of aromatic nitrogens is 2. The molecule has 0 saturated carbocycles. The van der Waals surface area contributed by atoms with E-state index in [0.29, 0.717) is 5.88 Å². The molecule has 0 aliphatic heterocycles. The third kappa shape index (κ3) is 3.95. The number of rotatable bonds is 6. The Hall–Kier alpha value is -2.10. The second-order valence-corrected chi connectivity index (χ2v) is 4.20. The van der Waals surface area contributed by atoms with Crippen LogP contribution in [-0.4, -0.2) is 16.5 Å². The lowest BCUT2D eigenvalue weighted by atomic mass is 10.3. The van der Waals surface area contributed by atoms with Crippen LogP contribution in [-0.2, 0) is 6.42 Å². The smallest absolute Gasteiger partial charge is 0.224 e. The standard InChI is InChI=1S/C15H19N3O/c1-3-8-13-17-14(16-4-2)11-15(18-13)19-12-9-6-5-7-10-12/h5-7,9-11H,3-4,8H2,1-2H3,(H,16,17,18). The summed E-state index contributed by atoms with van der Waals surface area (Å²) in [5.74, 6) is 2.99. The molecule has 1 heterocycles. The number of nitrogens with one attached hydrogen (secondary N) is 1. The highest BCUT2D eigenvalue weighted by molar-refractivity contribution is 5.40. The lowest BCUT2D eigenvalue weighted by molar-refractivity contribution is 0.458. The topological polar surface area (TPSA) is 47.0 Å². The van der Waals surface area contributed by atoms with Gasteiger partial charge in [-0.25, -0.2) is 4.98 Å². The monoisotopic (exact) mass is 257 g/mol. The van der Waals surface area contributed by atoms with E-state index in [1.165, 1.54) is 0 Å². The molecule has 4 nitrogen and oxygen atoms in total. The minimum Gasteiger partial charge on any atom is -0.439 e. The van der Waals surface area contributed by atoms with Gasteiger partial charge in [0.15, 0.2) is 0 Å². The molecule has 0 amide bonds. The summed E-state index contributed by atoms with van der Waals surface area (Å²) in [6, 6.07) is 11.5. The second-order valence-electron chi connectivity index (χ2n) is 4.20. The predicted molar refractivity (Wildman–Crippen MR) is 76.7 cm³/mol. The summed E-state index contributed by atoms with van der Waals surface area (Å²) < 4.78 is 5.76. The van der Waals surface area contributed by atoms with E-state index in [1.54, 1.807) is 0 Å².